The van der Waals surface area contributed by atoms with E-state index in [-0.39, 0.29) is 18.6 Å². The first-order valence-corrected chi connectivity index (χ1v) is 5.45. The molecule has 2 N–H and O–H groups in total. The summed E-state index contributed by atoms with van der Waals surface area (Å²) in [4.78, 5) is 22.6. The minimum absolute atomic E-state index is 0.0895. The van der Waals surface area contributed by atoms with Gasteiger partial charge in [-0.1, -0.05) is 30.3 Å². The van der Waals surface area contributed by atoms with Gasteiger partial charge in [0.15, 0.2) is 0 Å². The lowest BCUT2D eigenvalue weighted by Gasteiger charge is -2.16. The van der Waals surface area contributed by atoms with E-state index in [1.54, 1.807) is 0 Å². The topological polar surface area (TPSA) is 67.4 Å². The largest absolute Gasteiger partial charge is 0.447 e. The van der Waals surface area contributed by atoms with Crippen LogP contribution in [0.25, 0.3) is 0 Å². The number of hydrogen-bond donors (Lipinski definition) is 2. The second-order valence-electron chi connectivity index (χ2n) is 3.94. The van der Waals surface area contributed by atoms with E-state index in [2.05, 4.69) is 15.4 Å². The third-order valence-corrected chi connectivity index (χ3v) is 2.65. The quantitative estimate of drug-likeness (QED) is 0.819. The Balaban J connectivity index is 1.93. The molecule has 1 aliphatic rings. The molecule has 17 heavy (non-hydrogen) atoms. The van der Waals surface area contributed by atoms with Crippen LogP contribution in [0.2, 0.25) is 0 Å². The van der Waals surface area contributed by atoms with Gasteiger partial charge in [0.2, 0.25) is 5.91 Å². The fourth-order valence-corrected chi connectivity index (χ4v) is 1.66. The number of amides is 2. The highest BCUT2D eigenvalue weighted by Crippen LogP contribution is 2.11. The number of ether oxygens (including phenoxy) is 1. The number of alkyl carbamates (subject to hydrolysis) is 1. The fraction of sp³-hybridized carbons (Fsp3) is 0.333. The van der Waals surface area contributed by atoms with Gasteiger partial charge in [0.25, 0.3) is 0 Å². The number of hydrogen-bond acceptors (Lipinski definition) is 3. The van der Waals surface area contributed by atoms with Crippen molar-refractivity contribution in [2.75, 3.05) is 6.61 Å². The molecule has 0 bridgehead atoms. The summed E-state index contributed by atoms with van der Waals surface area (Å²) < 4.78 is 4.66. The van der Waals surface area contributed by atoms with Crippen molar-refractivity contribution in [3.8, 4) is 0 Å². The SMILES string of the molecule is CC(NC(=O)C1COC(=O)N1)c1ccccc1. The van der Waals surface area contributed by atoms with Crippen molar-refractivity contribution in [2.24, 2.45) is 0 Å². The van der Waals surface area contributed by atoms with Crippen molar-refractivity contribution >= 4 is 12.0 Å². The average molecular weight is 234 g/mol. The van der Waals surface area contributed by atoms with Crippen molar-refractivity contribution in [3.63, 3.8) is 0 Å². The first kappa shape index (κ1) is 11.4. The number of cyclic esters (lactones) is 1. The zero-order chi connectivity index (χ0) is 12.3. The molecule has 90 valence electrons. The molecular formula is C12H14N2O3. The van der Waals surface area contributed by atoms with Crippen molar-refractivity contribution < 1.29 is 14.3 Å². The van der Waals surface area contributed by atoms with Gasteiger partial charge in [0.05, 0.1) is 6.04 Å². The summed E-state index contributed by atoms with van der Waals surface area (Å²) in [5.41, 5.74) is 1.02. The third-order valence-electron chi connectivity index (χ3n) is 2.65. The van der Waals surface area contributed by atoms with Crippen molar-refractivity contribution in [2.45, 2.75) is 19.0 Å². The van der Waals surface area contributed by atoms with Crippen molar-refractivity contribution in [1.82, 2.24) is 10.6 Å². The van der Waals surface area contributed by atoms with Crippen molar-refractivity contribution in [1.29, 1.82) is 0 Å². The standard InChI is InChI=1S/C12H14N2O3/c1-8(9-5-3-2-4-6-9)13-11(15)10-7-17-12(16)14-10/h2-6,8,10H,7H2,1H3,(H,13,15)(H,14,16). The molecule has 2 unspecified atom stereocenters. The van der Waals surface area contributed by atoms with Crippen LogP contribution in [-0.2, 0) is 9.53 Å². The predicted octanol–water partition coefficient (Wildman–Crippen LogP) is 0.972. The summed E-state index contributed by atoms with van der Waals surface area (Å²) in [6, 6.07) is 8.94. The molecule has 1 aromatic carbocycles. The van der Waals surface area contributed by atoms with Gasteiger partial charge in [0, 0.05) is 0 Å². The van der Waals surface area contributed by atoms with Crippen LogP contribution in [0, 0.1) is 0 Å². The zero-order valence-corrected chi connectivity index (χ0v) is 9.47. The summed E-state index contributed by atoms with van der Waals surface area (Å²) in [5.74, 6) is -0.229. The number of carbonyl (C=O) groups excluding carboxylic acids is 2. The van der Waals surface area contributed by atoms with E-state index in [0.29, 0.717) is 0 Å². The van der Waals surface area contributed by atoms with E-state index < -0.39 is 12.1 Å². The first-order valence-electron chi connectivity index (χ1n) is 5.45. The Hall–Kier alpha value is -2.04. The zero-order valence-electron chi connectivity index (χ0n) is 9.47. The highest BCUT2D eigenvalue weighted by atomic mass is 16.6. The average Bonchev–Trinajstić information content (AvgIpc) is 2.77. The van der Waals surface area contributed by atoms with Crippen LogP contribution in [0.1, 0.15) is 18.5 Å². The molecule has 1 fully saturated rings. The van der Waals surface area contributed by atoms with Crippen LogP contribution >= 0.6 is 0 Å². The Morgan fingerprint density at radius 1 is 1.47 bits per heavy atom. The molecule has 0 radical (unpaired) electrons. The molecule has 2 amide bonds. The Morgan fingerprint density at radius 3 is 2.76 bits per heavy atom. The van der Waals surface area contributed by atoms with Gasteiger partial charge < -0.3 is 15.4 Å². The lowest BCUT2D eigenvalue weighted by atomic mass is 10.1. The number of benzene rings is 1. The number of nitrogens with one attached hydrogen (secondary N) is 2. The van der Waals surface area contributed by atoms with E-state index in [0.717, 1.165) is 5.56 Å². The molecule has 1 heterocycles. The summed E-state index contributed by atoms with van der Waals surface area (Å²) in [7, 11) is 0. The molecule has 2 rings (SSSR count). The second-order valence-corrected chi connectivity index (χ2v) is 3.94. The molecule has 0 spiro atoms. The molecule has 1 saturated heterocycles. The van der Waals surface area contributed by atoms with E-state index in [9.17, 15) is 9.59 Å². The minimum Gasteiger partial charge on any atom is -0.447 e. The third kappa shape index (κ3) is 2.75. The van der Waals surface area contributed by atoms with E-state index >= 15 is 0 Å². The van der Waals surface area contributed by atoms with Gasteiger partial charge in [0.1, 0.15) is 12.6 Å². The normalized spacial score (nSPS) is 20.3. The van der Waals surface area contributed by atoms with Gasteiger partial charge in [-0.3, -0.25) is 4.79 Å². The smallest absolute Gasteiger partial charge is 0.407 e. The van der Waals surface area contributed by atoms with Crippen LogP contribution in [0.5, 0.6) is 0 Å². The van der Waals surface area contributed by atoms with Crippen LogP contribution in [-0.4, -0.2) is 24.6 Å². The minimum atomic E-state index is -0.589. The molecular weight excluding hydrogens is 220 g/mol. The molecule has 2 atom stereocenters. The molecule has 1 aliphatic heterocycles. The molecule has 0 aromatic heterocycles. The Labute approximate surface area is 99.2 Å². The summed E-state index contributed by atoms with van der Waals surface area (Å²) in [6.07, 6.45) is -0.544. The Bertz CT molecular complexity index is 419. The summed E-state index contributed by atoms with van der Waals surface area (Å²) >= 11 is 0. The summed E-state index contributed by atoms with van der Waals surface area (Å²) in [5, 5.41) is 5.26. The van der Waals surface area contributed by atoms with Crippen LogP contribution in [0.15, 0.2) is 30.3 Å². The lowest BCUT2D eigenvalue weighted by Crippen LogP contribution is -2.43. The Kier molecular flexibility index (Phi) is 3.27. The molecule has 1 aromatic rings. The summed E-state index contributed by atoms with van der Waals surface area (Å²) in [6.45, 7) is 1.98. The van der Waals surface area contributed by atoms with Crippen LogP contribution in [0.3, 0.4) is 0 Å². The monoisotopic (exact) mass is 234 g/mol. The second kappa shape index (κ2) is 4.86. The first-order chi connectivity index (χ1) is 8.16. The molecule has 0 aliphatic carbocycles. The van der Waals surface area contributed by atoms with Gasteiger partial charge in [-0.15, -0.1) is 0 Å². The lowest BCUT2D eigenvalue weighted by molar-refractivity contribution is -0.123. The molecule has 5 heteroatoms. The van der Waals surface area contributed by atoms with Gasteiger partial charge in [-0.25, -0.2) is 4.79 Å². The van der Waals surface area contributed by atoms with Gasteiger partial charge in [-0.2, -0.15) is 0 Å². The maximum absolute atomic E-state index is 11.8. The number of rotatable bonds is 3. The fourth-order valence-electron chi connectivity index (χ4n) is 1.66. The molecule has 5 nitrogen and oxygen atoms in total. The van der Waals surface area contributed by atoms with Gasteiger partial charge in [-0.05, 0) is 12.5 Å². The van der Waals surface area contributed by atoms with Crippen LogP contribution in [0.4, 0.5) is 4.79 Å². The number of carbonyl (C=O) groups is 2. The van der Waals surface area contributed by atoms with E-state index in [1.807, 2.05) is 37.3 Å². The Morgan fingerprint density at radius 2 is 2.18 bits per heavy atom. The molecule has 0 saturated carbocycles. The maximum Gasteiger partial charge on any atom is 0.407 e. The van der Waals surface area contributed by atoms with E-state index in [1.165, 1.54) is 0 Å². The van der Waals surface area contributed by atoms with Crippen molar-refractivity contribution in [3.05, 3.63) is 35.9 Å². The predicted molar refractivity (Wildman–Crippen MR) is 61.3 cm³/mol. The highest BCUT2D eigenvalue weighted by molar-refractivity contribution is 5.88. The van der Waals surface area contributed by atoms with Crippen LogP contribution < -0.4 is 10.6 Å². The highest BCUT2D eigenvalue weighted by Gasteiger charge is 2.29. The van der Waals surface area contributed by atoms with Gasteiger partial charge >= 0.3 is 6.09 Å². The maximum atomic E-state index is 11.8. The van der Waals surface area contributed by atoms with E-state index in [4.69, 9.17) is 0 Å².